The Labute approximate surface area is 118 Å². The van der Waals surface area contributed by atoms with Crippen LogP contribution in [-0.2, 0) is 0 Å². The number of nitro groups is 1. The minimum absolute atomic E-state index is 0.0572. The van der Waals surface area contributed by atoms with Gasteiger partial charge in [-0.2, -0.15) is 0 Å². The summed E-state index contributed by atoms with van der Waals surface area (Å²) in [4.78, 5) is 26.1. The molecule has 1 heterocycles. The molecule has 0 bridgehead atoms. The SMILES string of the molecule is Cc1ccnc(Sc2cccc(C(=O)O)c2)c1[N+](=O)[O-]. The molecule has 102 valence electrons. The lowest BCUT2D eigenvalue weighted by molar-refractivity contribution is -0.388. The van der Waals surface area contributed by atoms with E-state index in [9.17, 15) is 14.9 Å². The maximum Gasteiger partial charge on any atom is 0.335 e. The molecule has 0 atom stereocenters. The van der Waals surface area contributed by atoms with E-state index in [1.54, 1.807) is 25.1 Å². The maximum atomic E-state index is 11.1. The zero-order valence-electron chi connectivity index (χ0n) is 10.4. The van der Waals surface area contributed by atoms with Crippen molar-refractivity contribution in [2.24, 2.45) is 0 Å². The summed E-state index contributed by atoms with van der Waals surface area (Å²) >= 11 is 1.07. The Morgan fingerprint density at radius 2 is 2.15 bits per heavy atom. The van der Waals surface area contributed by atoms with Gasteiger partial charge < -0.3 is 5.11 Å². The van der Waals surface area contributed by atoms with Crippen molar-refractivity contribution in [3.05, 3.63) is 57.8 Å². The van der Waals surface area contributed by atoms with Crippen LogP contribution in [0.4, 0.5) is 5.69 Å². The van der Waals surface area contributed by atoms with E-state index in [-0.39, 0.29) is 16.3 Å². The minimum atomic E-state index is -1.04. The van der Waals surface area contributed by atoms with Gasteiger partial charge in [0, 0.05) is 16.7 Å². The second kappa shape index (κ2) is 5.70. The summed E-state index contributed by atoms with van der Waals surface area (Å²) in [5.41, 5.74) is 0.588. The number of hydrogen-bond acceptors (Lipinski definition) is 5. The highest BCUT2D eigenvalue weighted by Gasteiger charge is 2.19. The summed E-state index contributed by atoms with van der Waals surface area (Å²) in [6, 6.07) is 7.76. The highest BCUT2D eigenvalue weighted by molar-refractivity contribution is 7.99. The molecular formula is C13H10N2O4S. The molecule has 1 aromatic heterocycles. The third kappa shape index (κ3) is 2.94. The average Bonchev–Trinajstić information content (AvgIpc) is 2.38. The van der Waals surface area contributed by atoms with Crippen LogP contribution in [-0.4, -0.2) is 21.0 Å². The first-order chi connectivity index (χ1) is 9.49. The summed E-state index contributed by atoms with van der Waals surface area (Å²) < 4.78 is 0. The van der Waals surface area contributed by atoms with Gasteiger partial charge in [0.1, 0.15) is 0 Å². The van der Waals surface area contributed by atoms with Gasteiger partial charge in [-0.25, -0.2) is 9.78 Å². The van der Waals surface area contributed by atoms with Crippen LogP contribution >= 0.6 is 11.8 Å². The number of rotatable bonds is 4. The molecule has 0 radical (unpaired) electrons. The number of benzene rings is 1. The number of aryl methyl sites for hydroxylation is 1. The predicted molar refractivity (Wildman–Crippen MR) is 73.2 cm³/mol. The van der Waals surface area contributed by atoms with Crippen LogP contribution in [0.1, 0.15) is 15.9 Å². The largest absolute Gasteiger partial charge is 0.478 e. The van der Waals surface area contributed by atoms with E-state index in [0.717, 1.165) is 11.8 Å². The quantitative estimate of drug-likeness (QED) is 0.686. The van der Waals surface area contributed by atoms with Crippen molar-refractivity contribution in [1.29, 1.82) is 0 Å². The van der Waals surface area contributed by atoms with Gasteiger partial charge >= 0.3 is 11.7 Å². The smallest absolute Gasteiger partial charge is 0.335 e. The number of carbonyl (C=O) groups is 1. The van der Waals surface area contributed by atoms with E-state index in [0.29, 0.717) is 10.5 Å². The summed E-state index contributed by atoms with van der Waals surface area (Å²) in [7, 11) is 0. The fraction of sp³-hybridized carbons (Fsp3) is 0.0769. The molecule has 0 amide bonds. The predicted octanol–water partition coefficient (Wildman–Crippen LogP) is 3.15. The first-order valence-electron chi connectivity index (χ1n) is 5.60. The monoisotopic (exact) mass is 290 g/mol. The van der Waals surface area contributed by atoms with Crippen LogP contribution in [0, 0.1) is 17.0 Å². The number of carboxylic acid groups (broad SMARTS) is 1. The molecule has 0 saturated heterocycles. The lowest BCUT2D eigenvalue weighted by Gasteiger charge is -2.04. The number of aromatic carboxylic acids is 1. The van der Waals surface area contributed by atoms with Crippen LogP contribution in [0.3, 0.4) is 0 Å². The van der Waals surface area contributed by atoms with Gasteiger partial charge in [-0.1, -0.05) is 17.8 Å². The molecule has 6 nitrogen and oxygen atoms in total. The van der Waals surface area contributed by atoms with E-state index >= 15 is 0 Å². The summed E-state index contributed by atoms with van der Waals surface area (Å²) in [6.45, 7) is 1.64. The van der Waals surface area contributed by atoms with Crippen molar-refractivity contribution in [3.8, 4) is 0 Å². The molecule has 20 heavy (non-hydrogen) atoms. The van der Waals surface area contributed by atoms with Gasteiger partial charge in [0.2, 0.25) is 0 Å². The van der Waals surface area contributed by atoms with Crippen molar-refractivity contribution in [2.45, 2.75) is 16.8 Å². The van der Waals surface area contributed by atoms with Crippen LogP contribution < -0.4 is 0 Å². The Morgan fingerprint density at radius 3 is 2.80 bits per heavy atom. The lowest BCUT2D eigenvalue weighted by atomic mass is 10.2. The van der Waals surface area contributed by atoms with E-state index in [1.165, 1.54) is 18.3 Å². The maximum absolute atomic E-state index is 11.1. The fourth-order valence-electron chi connectivity index (χ4n) is 1.63. The molecule has 0 spiro atoms. The van der Waals surface area contributed by atoms with Gasteiger partial charge in [0.15, 0.2) is 5.03 Å². The van der Waals surface area contributed by atoms with Gasteiger partial charge in [-0.3, -0.25) is 10.1 Å². The van der Waals surface area contributed by atoms with E-state index < -0.39 is 10.9 Å². The van der Waals surface area contributed by atoms with Crippen molar-refractivity contribution >= 4 is 23.4 Å². The van der Waals surface area contributed by atoms with Crippen molar-refractivity contribution in [2.75, 3.05) is 0 Å². The molecule has 0 fully saturated rings. The number of aromatic nitrogens is 1. The van der Waals surface area contributed by atoms with Crippen LogP contribution in [0.25, 0.3) is 0 Å². The minimum Gasteiger partial charge on any atom is -0.478 e. The first kappa shape index (κ1) is 14.0. The number of carboxylic acids is 1. The molecule has 1 N–H and O–H groups in total. The number of pyridine rings is 1. The van der Waals surface area contributed by atoms with E-state index in [4.69, 9.17) is 5.11 Å². The summed E-state index contributed by atoms with van der Waals surface area (Å²) in [6.07, 6.45) is 1.49. The zero-order chi connectivity index (χ0) is 14.7. The molecule has 7 heteroatoms. The number of nitrogens with zero attached hydrogens (tertiary/aromatic N) is 2. The topological polar surface area (TPSA) is 93.3 Å². The van der Waals surface area contributed by atoms with Gasteiger partial charge in [0.05, 0.1) is 10.5 Å². The average molecular weight is 290 g/mol. The third-order valence-electron chi connectivity index (χ3n) is 2.57. The molecule has 0 aliphatic carbocycles. The summed E-state index contributed by atoms with van der Waals surface area (Å²) in [5.74, 6) is -1.04. The third-order valence-corrected chi connectivity index (χ3v) is 3.55. The fourth-order valence-corrected chi connectivity index (χ4v) is 2.63. The molecule has 2 aromatic rings. The van der Waals surface area contributed by atoms with Crippen LogP contribution in [0.2, 0.25) is 0 Å². The Hall–Kier alpha value is -2.41. The molecule has 2 rings (SSSR count). The van der Waals surface area contributed by atoms with Crippen molar-refractivity contribution in [3.63, 3.8) is 0 Å². The van der Waals surface area contributed by atoms with Crippen molar-refractivity contribution < 1.29 is 14.8 Å². The molecule has 0 unspecified atom stereocenters. The standard InChI is InChI=1S/C13H10N2O4S/c1-8-5-6-14-12(11(8)15(18)19)20-10-4-2-3-9(7-10)13(16)17/h2-7H,1H3,(H,16,17). The number of hydrogen-bond donors (Lipinski definition) is 1. The normalized spacial score (nSPS) is 10.2. The van der Waals surface area contributed by atoms with E-state index in [2.05, 4.69) is 4.98 Å². The van der Waals surface area contributed by atoms with Crippen LogP contribution in [0.5, 0.6) is 0 Å². The first-order valence-corrected chi connectivity index (χ1v) is 6.42. The molecular weight excluding hydrogens is 280 g/mol. The molecule has 0 aliphatic rings. The Morgan fingerprint density at radius 1 is 1.40 bits per heavy atom. The Balaban J connectivity index is 2.40. The van der Waals surface area contributed by atoms with E-state index in [1.807, 2.05) is 0 Å². The molecule has 0 aliphatic heterocycles. The molecule has 0 saturated carbocycles. The Bertz CT molecular complexity index is 688. The van der Waals surface area contributed by atoms with Gasteiger partial charge in [0.25, 0.3) is 0 Å². The Kier molecular flexibility index (Phi) is 3.99. The van der Waals surface area contributed by atoms with Gasteiger partial charge in [-0.15, -0.1) is 0 Å². The molecule has 1 aromatic carbocycles. The van der Waals surface area contributed by atoms with Gasteiger partial charge in [-0.05, 0) is 31.2 Å². The second-order valence-electron chi connectivity index (χ2n) is 3.97. The lowest BCUT2D eigenvalue weighted by Crippen LogP contribution is -1.97. The summed E-state index contributed by atoms with van der Waals surface area (Å²) in [5, 5.41) is 20.2. The second-order valence-corrected chi connectivity index (χ2v) is 5.04. The van der Waals surface area contributed by atoms with Crippen molar-refractivity contribution in [1.82, 2.24) is 4.98 Å². The highest BCUT2D eigenvalue weighted by atomic mass is 32.2. The van der Waals surface area contributed by atoms with Crippen LogP contribution in [0.15, 0.2) is 46.5 Å². The zero-order valence-corrected chi connectivity index (χ0v) is 11.3. The highest BCUT2D eigenvalue weighted by Crippen LogP contribution is 2.34.